The Labute approximate surface area is 42.4 Å². The monoisotopic (exact) mass is 100 g/mol. The molecule has 1 fully saturated rings. The van der Waals surface area contributed by atoms with Gasteiger partial charge in [0.1, 0.15) is 12.2 Å². The lowest BCUT2D eigenvalue weighted by molar-refractivity contribution is 0.178. The van der Waals surface area contributed by atoms with Crippen LogP contribution in [-0.4, -0.2) is 23.9 Å². The molecule has 1 heterocycles. The van der Waals surface area contributed by atoms with Crippen molar-refractivity contribution >= 4 is 0 Å². The summed E-state index contributed by atoms with van der Waals surface area (Å²) >= 11 is 0. The maximum atomic E-state index is 8.75. The molecule has 0 aromatic rings. The van der Waals surface area contributed by atoms with Gasteiger partial charge in [-0.3, -0.25) is 0 Å². The quantitative estimate of drug-likeness (QED) is 0.389. The largest absolute Gasteiger partial charge is 0.386 e. The maximum Gasteiger partial charge on any atom is 0.110 e. The van der Waals surface area contributed by atoms with Crippen molar-refractivity contribution in [3.8, 4) is 0 Å². The topological polar surface area (TPSA) is 32.8 Å². The van der Waals surface area contributed by atoms with E-state index in [1.54, 1.807) is 0 Å². The molecule has 0 radical (unpaired) electrons. The Morgan fingerprint density at radius 1 is 2.00 bits per heavy atom. The zero-order valence-corrected chi connectivity index (χ0v) is 4.00. The van der Waals surface area contributed by atoms with Gasteiger partial charge in [-0.1, -0.05) is 6.08 Å². The van der Waals surface area contributed by atoms with Crippen molar-refractivity contribution in [3.63, 3.8) is 0 Å². The fourth-order valence-electron chi connectivity index (χ4n) is 0.405. The normalized spacial score (nSPS) is 31.9. The first kappa shape index (κ1) is 4.81. The number of aliphatic hydroxyl groups excluding tert-OH is 1. The molecule has 0 saturated carbocycles. The predicted molar refractivity (Wildman–Crippen MR) is 25.9 cm³/mol. The van der Waals surface area contributed by atoms with Crippen molar-refractivity contribution in [1.29, 1.82) is 0 Å². The van der Waals surface area contributed by atoms with E-state index < -0.39 is 6.10 Å². The fourth-order valence-corrected chi connectivity index (χ4v) is 0.405. The van der Waals surface area contributed by atoms with Crippen LogP contribution < -0.4 is 0 Å². The molecule has 1 rings (SSSR count). The number of rotatable bonds is 2. The minimum Gasteiger partial charge on any atom is -0.386 e. The summed E-state index contributed by atoms with van der Waals surface area (Å²) in [4.78, 5) is 0. The molecule has 40 valence electrons. The van der Waals surface area contributed by atoms with Crippen LogP contribution in [0.25, 0.3) is 0 Å². The average Bonchev–Trinajstić information content (AvgIpc) is 2.44. The Kier molecular flexibility index (Phi) is 1.13. The number of epoxide rings is 1. The van der Waals surface area contributed by atoms with Crippen LogP contribution in [0.1, 0.15) is 0 Å². The SMILES string of the molecule is C=CC(O)[C@@H]1CO1. The molecule has 1 saturated heterocycles. The van der Waals surface area contributed by atoms with Crippen molar-refractivity contribution in [1.82, 2.24) is 0 Å². The second-order valence-electron chi connectivity index (χ2n) is 1.60. The van der Waals surface area contributed by atoms with Gasteiger partial charge < -0.3 is 9.84 Å². The molecule has 1 aliphatic heterocycles. The van der Waals surface area contributed by atoms with Crippen molar-refractivity contribution < 1.29 is 9.84 Å². The minimum absolute atomic E-state index is 0.0532. The van der Waals surface area contributed by atoms with E-state index in [-0.39, 0.29) is 6.10 Å². The summed E-state index contributed by atoms with van der Waals surface area (Å²) < 4.78 is 4.74. The first-order valence-corrected chi connectivity index (χ1v) is 2.27. The number of aliphatic hydroxyl groups is 1. The van der Waals surface area contributed by atoms with E-state index in [0.29, 0.717) is 6.61 Å². The van der Waals surface area contributed by atoms with Gasteiger partial charge in [-0.15, -0.1) is 6.58 Å². The van der Waals surface area contributed by atoms with Gasteiger partial charge in [-0.25, -0.2) is 0 Å². The molecule has 0 bridgehead atoms. The van der Waals surface area contributed by atoms with Crippen LogP contribution >= 0.6 is 0 Å². The first-order chi connectivity index (χ1) is 3.34. The predicted octanol–water partition coefficient (Wildman–Crippen LogP) is -0.0679. The molecule has 0 spiro atoms. The highest BCUT2D eigenvalue weighted by atomic mass is 16.6. The molecular formula is C5H8O2. The lowest BCUT2D eigenvalue weighted by Crippen LogP contribution is -2.09. The maximum absolute atomic E-state index is 8.75. The van der Waals surface area contributed by atoms with Gasteiger partial charge in [0.05, 0.1) is 6.61 Å². The van der Waals surface area contributed by atoms with Gasteiger partial charge in [-0.2, -0.15) is 0 Å². The van der Waals surface area contributed by atoms with Crippen LogP contribution in [0.4, 0.5) is 0 Å². The average molecular weight is 100 g/mol. The van der Waals surface area contributed by atoms with Crippen LogP contribution in [0.2, 0.25) is 0 Å². The van der Waals surface area contributed by atoms with Crippen molar-refractivity contribution in [2.75, 3.05) is 6.61 Å². The molecule has 2 atom stereocenters. The van der Waals surface area contributed by atoms with Crippen LogP contribution in [0.3, 0.4) is 0 Å². The van der Waals surface area contributed by atoms with E-state index >= 15 is 0 Å². The Bertz CT molecular complexity index is 76.1. The minimum atomic E-state index is -0.444. The Hall–Kier alpha value is -0.340. The molecule has 0 amide bonds. The zero-order chi connectivity index (χ0) is 5.28. The molecule has 1 N–H and O–H groups in total. The smallest absolute Gasteiger partial charge is 0.110 e. The number of hydrogen-bond acceptors (Lipinski definition) is 2. The first-order valence-electron chi connectivity index (χ1n) is 2.27. The fraction of sp³-hybridized carbons (Fsp3) is 0.600. The van der Waals surface area contributed by atoms with E-state index in [1.807, 2.05) is 0 Å². The third-order valence-corrected chi connectivity index (χ3v) is 0.982. The van der Waals surface area contributed by atoms with Crippen LogP contribution in [0.15, 0.2) is 12.7 Å². The number of hydrogen-bond donors (Lipinski definition) is 1. The summed E-state index contributed by atoms with van der Waals surface area (Å²) in [6.45, 7) is 4.08. The highest BCUT2D eigenvalue weighted by Gasteiger charge is 2.28. The van der Waals surface area contributed by atoms with Crippen LogP contribution in [-0.2, 0) is 4.74 Å². The number of ether oxygens (including phenoxy) is 1. The standard InChI is InChI=1S/C5H8O2/c1-2-4(6)5-3-7-5/h2,4-6H,1,3H2/t4?,5-/m0/s1. The zero-order valence-electron chi connectivity index (χ0n) is 4.00. The molecule has 7 heavy (non-hydrogen) atoms. The second kappa shape index (κ2) is 1.64. The summed E-state index contributed by atoms with van der Waals surface area (Å²) in [7, 11) is 0. The molecule has 1 unspecified atom stereocenters. The van der Waals surface area contributed by atoms with E-state index in [2.05, 4.69) is 6.58 Å². The van der Waals surface area contributed by atoms with Crippen molar-refractivity contribution in [3.05, 3.63) is 12.7 Å². The molecule has 1 aliphatic rings. The van der Waals surface area contributed by atoms with Gasteiger partial charge in [0.15, 0.2) is 0 Å². The summed E-state index contributed by atoms with van der Waals surface area (Å²) in [6, 6.07) is 0. The summed E-state index contributed by atoms with van der Waals surface area (Å²) in [5.41, 5.74) is 0. The second-order valence-corrected chi connectivity index (χ2v) is 1.60. The third kappa shape index (κ3) is 1.01. The van der Waals surface area contributed by atoms with Crippen LogP contribution in [0, 0.1) is 0 Å². The van der Waals surface area contributed by atoms with E-state index in [4.69, 9.17) is 9.84 Å². The van der Waals surface area contributed by atoms with E-state index in [1.165, 1.54) is 6.08 Å². The van der Waals surface area contributed by atoms with E-state index in [9.17, 15) is 0 Å². The summed E-state index contributed by atoms with van der Waals surface area (Å²) in [5.74, 6) is 0. The third-order valence-electron chi connectivity index (χ3n) is 0.982. The molecular weight excluding hydrogens is 92.1 g/mol. The molecule has 0 aliphatic carbocycles. The van der Waals surface area contributed by atoms with Crippen molar-refractivity contribution in [2.45, 2.75) is 12.2 Å². The molecule has 2 nitrogen and oxygen atoms in total. The lowest BCUT2D eigenvalue weighted by atomic mass is 10.3. The lowest BCUT2D eigenvalue weighted by Gasteiger charge is -1.93. The highest BCUT2D eigenvalue weighted by Crippen LogP contribution is 2.13. The van der Waals surface area contributed by atoms with Gasteiger partial charge in [0.2, 0.25) is 0 Å². The Morgan fingerprint density at radius 3 is 2.71 bits per heavy atom. The van der Waals surface area contributed by atoms with Crippen LogP contribution in [0.5, 0.6) is 0 Å². The highest BCUT2D eigenvalue weighted by molar-refractivity contribution is 4.90. The molecule has 0 aromatic carbocycles. The summed E-state index contributed by atoms with van der Waals surface area (Å²) in [5, 5.41) is 8.75. The Morgan fingerprint density at radius 2 is 2.57 bits per heavy atom. The van der Waals surface area contributed by atoms with Crippen molar-refractivity contribution in [2.24, 2.45) is 0 Å². The molecule has 2 heteroatoms. The van der Waals surface area contributed by atoms with Gasteiger partial charge in [0.25, 0.3) is 0 Å². The van der Waals surface area contributed by atoms with E-state index in [0.717, 1.165) is 0 Å². The Balaban J connectivity index is 2.22. The summed E-state index contributed by atoms with van der Waals surface area (Å²) in [6.07, 6.45) is 1.09. The van der Waals surface area contributed by atoms with Gasteiger partial charge in [-0.05, 0) is 0 Å². The van der Waals surface area contributed by atoms with Gasteiger partial charge >= 0.3 is 0 Å². The molecule has 0 aromatic heterocycles. The van der Waals surface area contributed by atoms with Gasteiger partial charge in [0, 0.05) is 0 Å².